The van der Waals surface area contributed by atoms with E-state index < -0.39 is 6.10 Å². The first-order valence-electron chi connectivity index (χ1n) is 5.23. The Balaban J connectivity index is 2.43. The average Bonchev–Trinajstić information content (AvgIpc) is 2.69. The maximum atomic E-state index is 10.3. The number of nitrogen functional groups attached to an aromatic ring is 1. The zero-order valence-corrected chi connectivity index (χ0v) is 9.79. The van der Waals surface area contributed by atoms with E-state index in [-0.39, 0.29) is 0 Å². The number of benzene rings is 1. The number of rotatable bonds is 3. The van der Waals surface area contributed by atoms with Crippen molar-refractivity contribution in [2.24, 2.45) is 7.05 Å². The number of nitrogens with zero attached hydrogens (tertiary/aromatic N) is 2. The van der Waals surface area contributed by atoms with Crippen LogP contribution in [-0.4, -0.2) is 22.0 Å². The Morgan fingerprint density at radius 3 is 2.88 bits per heavy atom. The van der Waals surface area contributed by atoms with E-state index in [2.05, 4.69) is 5.10 Å². The summed E-state index contributed by atoms with van der Waals surface area (Å²) in [5.74, 6) is 0.558. The fourth-order valence-corrected chi connectivity index (χ4v) is 1.78. The van der Waals surface area contributed by atoms with Gasteiger partial charge in [0.2, 0.25) is 0 Å². The summed E-state index contributed by atoms with van der Waals surface area (Å²) in [5.41, 5.74) is 7.63. The molecule has 1 aromatic heterocycles. The van der Waals surface area contributed by atoms with Crippen LogP contribution in [0.1, 0.15) is 17.4 Å². The molecule has 5 heteroatoms. The van der Waals surface area contributed by atoms with Crippen LogP contribution >= 0.6 is 0 Å². The number of aliphatic hydroxyl groups excluding tert-OH is 1. The van der Waals surface area contributed by atoms with Crippen LogP contribution in [0.25, 0.3) is 0 Å². The predicted molar refractivity (Wildman–Crippen MR) is 64.7 cm³/mol. The van der Waals surface area contributed by atoms with Gasteiger partial charge in [0.1, 0.15) is 11.8 Å². The van der Waals surface area contributed by atoms with Gasteiger partial charge in [-0.25, -0.2) is 0 Å². The van der Waals surface area contributed by atoms with Crippen LogP contribution in [0.3, 0.4) is 0 Å². The molecule has 0 aliphatic carbocycles. The molecule has 0 saturated heterocycles. The van der Waals surface area contributed by atoms with Crippen LogP contribution in [0, 0.1) is 0 Å². The van der Waals surface area contributed by atoms with Crippen molar-refractivity contribution in [3.8, 4) is 5.75 Å². The second-order valence-corrected chi connectivity index (χ2v) is 3.79. The van der Waals surface area contributed by atoms with Gasteiger partial charge in [-0.05, 0) is 17.7 Å². The third-order valence-corrected chi connectivity index (χ3v) is 2.65. The highest BCUT2D eigenvalue weighted by molar-refractivity contribution is 5.44. The molecule has 1 unspecified atom stereocenters. The van der Waals surface area contributed by atoms with Crippen molar-refractivity contribution in [3.05, 3.63) is 41.7 Å². The number of methoxy groups -OCH3 is 1. The molecule has 3 N–H and O–H groups in total. The van der Waals surface area contributed by atoms with Gasteiger partial charge in [0, 0.05) is 12.7 Å². The van der Waals surface area contributed by atoms with Gasteiger partial charge in [0.25, 0.3) is 0 Å². The van der Waals surface area contributed by atoms with Crippen molar-refractivity contribution < 1.29 is 9.84 Å². The zero-order valence-electron chi connectivity index (χ0n) is 9.79. The van der Waals surface area contributed by atoms with E-state index in [0.717, 1.165) is 0 Å². The molecule has 17 heavy (non-hydrogen) atoms. The summed E-state index contributed by atoms with van der Waals surface area (Å²) >= 11 is 0. The summed E-state index contributed by atoms with van der Waals surface area (Å²) in [5, 5.41) is 14.4. The second kappa shape index (κ2) is 4.47. The van der Waals surface area contributed by atoms with Crippen LogP contribution in [0.15, 0.2) is 30.5 Å². The summed E-state index contributed by atoms with van der Waals surface area (Å²) in [6, 6.07) is 7.12. The van der Waals surface area contributed by atoms with Crippen molar-refractivity contribution in [2.45, 2.75) is 6.10 Å². The van der Waals surface area contributed by atoms with Crippen LogP contribution < -0.4 is 10.5 Å². The fourth-order valence-electron chi connectivity index (χ4n) is 1.78. The van der Waals surface area contributed by atoms with E-state index in [1.165, 1.54) is 0 Å². The number of hydrogen-bond donors (Lipinski definition) is 2. The highest BCUT2D eigenvalue weighted by Gasteiger charge is 2.20. The number of hydrogen-bond acceptors (Lipinski definition) is 4. The summed E-state index contributed by atoms with van der Waals surface area (Å²) in [4.78, 5) is 0. The molecule has 0 amide bonds. The standard InChI is InChI=1S/C12H15N3O2/c1-15-11(10(17-2)7-14-15)12(16)8-4-3-5-9(13)6-8/h3-7,12,16H,13H2,1-2H3. The Bertz CT molecular complexity index is 522. The first-order valence-corrected chi connectivity index (χ1v) is 5.23. The molecule has 0 bridgehead atoms. The molecule has 0 radical (unpaired) electrons. The molecule has 0 aliphatic rings. The van der Waals surface area contributed by atoms with E-state index in [1.54, 1.807) is 43.2 Å². The summed E-state index contributed by atoms with van der Waals surface area (Å²) in [7, 11) is 3.31. The Morgan fingerprint density at radius 2 is 2.24 bits per heavy atom. The van der Waals surface area contributed by atoms with Crippen molar-refractivity contribution >= 4 is 5.69 Å². The number of nitrogens with two attached hydrogens (primary N) is 1. The molecule has 0 fully saturated rings. The monoisotopic (exact) mass is 233 g/mol. The SMILES string of the molecule is COc1cnn(C)c1C(O)c1cccc(N)c1. The number of ether oxygens (including phenoxy) is 1. The van der Waals surface area contributed by atoms with Gasteiger partial charge in [0.05, 0.1) is 13.3 Å². The Kier molecular flexibility index (Phi) is 3.01. The molecule has 0 spiro atoms. The fraction of sp³-hybridized carbons (Fsp3) is 0.250. The van der Waals surface area contributed by atoms with Crippen LogP contribution in [0.4, 0.5) is 5.69 Å². The van der Waals surface area contributed by atoms with Crippen molar-refractivity contribution in [3.63, 3.8) is 0 Å². The highest BCUT2D eigenvalue weighted by Crippen LogP contribution is 2.29. The predicted octanol–water partition coefficient (Wildman–Crippen LogP) is 1.09. The molecule has 0 saturated carbocycles. The molecule has 1 atom stereocenters. The molecular weight excluding hydrogens is 218 g/mol. The third-order valence-electron chi connectivity index (χ3n) is 2.65. The Hall–Kier alpha value is -2.01. The number of anilines is 1. The number of aliphatic hydroxyl groups is 1. The lowest BCUT2D eigenvalue weighted by Gasteiger charge is -2.13. The molecule has 2 rings (SSSR count). The first-order chi connectivity index (χ1) is 8.13. The van der Waals surface area contributed by atoms with Gasteiger partial charge in [0.15, 0.2) is 5.75 Å². The first kappa shape index (κ1) is 11.5. The highest BCUT2D eigenvalue weighted by atomic mass is 16.5. The van der Waals surface area contributed by atoms with E-state index in [1.807, 2.05) is 6.07 Å². The second-order valence-electron chi connectivity index (χ2n) is 3.79. The van der Waals surface area contributed by atoms with Gasteiger partial charge in [-0.2, -0.15) is 5.10 Å². The minimum Gasteiger partial charge on any atom is -0.493 e. The number of aryl methyl sites for hydroxylation is 1. The van der Waals surface area contributed by atoms with E-state index in [4.69, 9.17) is 10.5 Å². The Labute approximate surface area is 99.4 Å². The molecule has 1 heterocycles. The lowest BCUT2D eigenvalue weighted by atomic mass is 10.1. The maximum absolute atomic E-state index is 10.3. The van der Waals surface area contributed by atoms with Crippen LogP contribution in [0.5, 0.6) is 5.75 Å². The minimum atomic E-state index is -0.805. The smallest absolute Gasteiger partial charge is 0.162 e. The lowest BCUT2D eigenvalue weighted by molar-refractivity contribution is 0.204. The van der Waals surface area contributed by atoms with Gasteiger partial charge < -0.3 is 15.6 Å². The average molecular weight is 233 g/mol. The molecule has 5 nitrogen and oxygen atoms in total. The molecule has 1 aromatic carbocycles. The zero-order chi connectivity index (χ0) is 12.4. The van der Waals surface area contributed by atoms with Crippen molar-refractivity contribution in [1.82, 2.24) is 9.78 Å². The maximum Gasteiger partial charge on any atom is 0.162 e. The summed E-state index contributed by atoms with van der Waals surface area (Å²) in [6.07, 6.45) is 0.770. The topological polar surface area (TPSA) is 73.3 Å². The van der Waals surface area contributed by atoms with Gasteiger partial charge in [-0.1, -0.05) is 12.1 Å². The van der Waals surface area contributed by atoms with Gasteiger partial charge >= 0.3 is 0 Å². The summed E-state index contributed by atoms with van der Waals surface area (Å²) in [6.45, 7) is 0. The van der Waals surface area contributed by atoms with E-state index >= 15 is 0 Å². The van der Waals surface area contributed by atoms with E-state index in [9.17, 15) is 5.11 Å². The molecule has 0 aliphatic heterocycles. The van der Waals surface area contributed by atoms with Gasteiger partial charge in [-0.3, -0.25) is 4.68 Å². The van der Waals surface area contributed by atoms with Crippen molar-refractivity contribution in [1.29, 1.82) is 0 Å². The number of aromatic nitrogens is 2. The van der Waals surface area contributed by atoms with Gasteiger partial charge in [-0.15, -0.1) is 0 Å². The lowest BCUT2D eigenvalue weighted by Crippen LogP contribution is -2.08. The molecular formula is C12H15N3O2. The van der Waals surface area contributed by atoms with E-state index in [0.29, 0.717) is 22.7 Å². The van der Waals surface area contributed by atoms with Crippen LogP contribution in [0.2, 0.25) is 0 Å². The molecule has 90 valence electrons. The normalized spacial score (nSPS) is 12.4. The Morgan fingerprint density at radius 1 is 1.47 bits per heavy atom. The summed E-state index contributed by atoms with van der Waals surface area (Å²) < 4.78 is 6.75. The molecule has 2 aromatic rings. The van der Waals surface area contributed by atoms with Crippen molar-refractivity contribution in [2.75, 3.05) is 12.8 Å². The quantitative estimate of drug-likeness (QED) is 0.778. The largest absolute Gasteiger partial charge is 0.493 e. The third kappa shape index (κ3) is 2.09. The van der Waals surface area contributed by atoms with Crippen LogP contribution in [-0.2, 0) is 7.05 Å². The minimum absolute atomic E-state index is 0.558.